The second-order valence-corrected chi connectivity index (χ2v) is 5.46. The van der Waals surface area contributed by atoms with Crippen molar-refractivity contribution in [3.05, 3.63) is 46.8 Å². The second-order valence-electron chi connectivity index (χ2n) is 5.15. The van der Waals surface area contributed by atoms with Crippen molar-refractivity contribution in [3.63, 3.8) is 0 Å². The van der Waals surface area contributed by atoms with E-state index >= 15 is 0 Å². The first kappa shape index (κ1) is 12.2. The molecule has 90 valence electrons. The van der Waals surface area contributed by atoms with Crippen LogP contribution in [0, 0.1) is 5.41 Å². The maximum atomic E-state index is 11.7. The fourth-order valence-corrected chi connectivity index (χ4v) is 2.01. The van der Waals surface area contributed by atoms with Crippen molar-refractivity contribution in [2.45, 2.75) is 20.4 Å². The summed E-state index contributed by atoms with van der Waals surface area (Å²) in [5.74, 6) is 0.813. The minimum Gasteiger partial charge on any atom is -0.347 e. The smallest absolute Gasteiger partial charge is 0.189 e. The third-order valence-electron chi connectivity index (χ3n) is 2.91. The first-order valence-electron chi connectivity index (χ1n) is 5.72. The molecule has 1 aromatic heterocycles. The molecule has 0 N–H and O–H groups in total. The van der Waals surface area contributed by atoms with Gasteiger partial charge in [-0.05, 0) is 23.3 Å². The molecule has 2 nitrogen and oxygen atoms in total. The molecule has 0 radical (unpaired) electrons. The molecule has 0 aliphatic heterocycles. The average molecular weight is 247 g/mol. The van der Waals surface area contributed by atoms with Gasteiger partial charge in [-0.3, -0.25) is 4.79 Å². The molecule has 0 aliphatic carbocycles. The van der Waals surface area contributed by atoms with E-state index in [9.17, 15) is 4.79 Å². The summed E-state index contributed by atoms with van der Waals surface area (Å²) in [5.41, 5.74) is 1.19. The molecule has 17 heavy (non-hydrogen) atoms. The van der Waals surface area contributed by atoms with E-state index in [-0.39, 0.29) is 10.8 Å². The SMILES string of the molecule is CC(C)(CS)Cn1ccc(=O)c2ccccc21. The third-order valence-corrected chi connectivity index (χ3v) is 3.77. The predicted octanol–water partition coefficient (Wildman–Crippen LogP) is 2.96. The molecule has 2 aromatic rings. The van der Waals surface area contributed by atoms with Crippen LogP contribution in [0.1, 0.15) is 13.8 Å². The van der Waals surface area contributed by atoms with E-state index in [1.54, 1.807) is 6.07 Å². The minimum absolute atomic E-state index is 0.0838. The summed E-state index contributed by atoms with van der Waals surface area (Å²) in [5, 5.41) is 0.782. The van der Waals surface area contributed by atoms with Gasteiger partial charge in [-0.2, -0.15) is 12.6 Å². The Bertz CT molecular complexity index is 586. The fourth-order valence-electron chi connectivity index (χ4n) is 1.91. The van der Waals surface area contributed by atoms with E-state index in [2.05, 4.69) is 31.0 Å². The lowest BCUT2D eigenvalue weighted by Gasteiger charge is -2.24. The lowest BCUT2D eigenvalue weighted by atomic mass is 9.96. The summed E-state index contributed by atoms with van der Waals surface area (Å²) < 4.78 is 2.13. The highest BCUT2D eigenvalue weighted by atomic mass is 32.1. The highest BCUT2D eigenvalue weighted by Crippen LogP contribution is 2.21. The maximum absolute atomic E-state index is 11.7. The van der Waals surface area contributed by atoms with Crippen molar-refractivity contribution in [1.82, 2.24) is 4.57 Å². The summed E-state index contributed by atoms with van der Waals surface area (Å²) in [6.45, 7) is 5.21. The number of rotatable bonds is 3. The van der Waals surface area contributed by atoms with Crippen LogP contribution in [-0.2, 0) is 6.54 Å². The molecule has 3 heteroatoms. The van der Waals surface area contributed by atoms with E-state index in [1.165, 1.54) is 0 Å². The van der Waals surface area contributed by atoms with Crippen molar-refractivity contribution < 1.29 is 0 Å². The number of hydrogen-bond acceptors (Lipinski definition) is 2. The zero-order chi connectivity index (χ0) is 12.5. The minimum atomic E-state index is 0.0838. The van der Waals surface area contributed by atoms with Gasteiger partial charge in [0.1, 0.15) is 0 Å². The lowest BCUT2D eigenvalue weighted by Crippen LogP contribution is -2.22. The van der Waals surface area contributed by atoms with E-state index in [1.807, 2.05) is 30.5 Å². The fraction of sp³-hybridized carbons (Fsp3) is 0.357. The van der Waals surface area contributed by atoms with Crippen LogP contribution < -0.4 is 5.43 Å². The van der Waals surface area contributed by atoms with Crippen molar-refractivity contribution >= 4 is 23.5 Å². The predicted molar refractivity (Wildman–Crippen MR) is 75.8 cm³/mol. The average Bonchev–Trinajstić information content (AvgIpc) is 2.33. The topological polar surface area (TPSA) is 22.0 Å². The number of fused-ring (bicyclic) bond motifs is 1. The Hall–Kier alpha value is -1.22. The summed E-state index contributed by atoms with van der Waals surface area (Å²) >= 11 is 4.37. The van der Waals surface area contributed by atoms with Gasteiger partial charge >= 0.3 is 0 Å². The van der Waals surface area contributed by atoms with Crippen LogP contribution >= 0.6 is 12.6 Å². The highest BCUT2D eigenvalue weighted by Gasteiger charge is 2.17. The summed E-state index contributed by atoms with van der Waals surface area (Å²) in [7, 11) is 0. The Morgan fingerprint density at radius 3 is 2.65 bits per heavy atom. The number of para-hydroxylation sites is 1. The largest absolute Gasteiger partial charge is 0.347 e. The second kappa shape index (κ2) is 4.57. The van der Waals surface area contributed by atoms with Gasteiger partial charge in [0.05, 0.1) is 5.52 Å². The Morgan fingerprint density at radius 2 is 1.94 bits per heavy atom. The molecule has 0 spiro atoms. The molecule has 0 saturated carbocycles. The number of benzene rings is 1. The quantitative estimate of drug-likeness (QED) is 0.828. The monoisotopic (exact) mass is 247 g/mol. The molecule has 0 atom stereocenters. The van der Waals surface area contributed by atoms with Crippen molar-refractivity contribution in [3.8, 4) is 0 Å². The molecular formula is C14H17NOS. The van der Waals surface area contributed by atoms with Crippen LogP contribution in [0.4, 0.5) is 0 Å². The van der Waals surface area contributed by atoms with Crippen LogP contribution in [-0.4, -0.2) is 10.3 Å². The lowest BCUT2D eigenvalue weighted by molar-refractivity contribution is 0.358. The Kier molecular flexibility index (Phi) is 3.29. The number of aromatic nitrogens is 1. The molecule has 2 rings (SSSR count). The zero-order valence-corrected chi connectivity index (χ0v) is 11.1. The molecule has 0 fully saturated rings. The van der Waals surface area contributed by atoms with Gasteiger partial charge in [0.2, 0.25) is 0 Å². The number of hydrogen-bond donors (Lipinski definition) is 1. The van der Waals surface area contributed by atoms with Gasteiger partial charge < -0.3 is 4.57 Å². The van der Waals surface area contributed by atoms with Crippen LogP contribution in [0.3, 0.4) is 0 Å². The number of nitrogens with zero attached hydrogens (tertiary/aromatic N) is 1. The van der Waals surface area contributed by atoms with Crippen molar-refractivity contribution in [2.75, 3.05) is 5.75 Å². The zero-order valence-electron chi connectivity index (χ0n) is 10.2. The summed E-state index contributed by atoms with van der Waals surface area (Å²) in [6, 6.07) is 9.37. The van der Waals surface area contributed by atoms with Gasteiger partial charge in [0, 0.05) is 24.2 Å². The molecule has 0 saturated heterocycles. The molecule has 1 aromatic carbocycles. The molecular weight excluding hydrogens is 230 g/mol. The van der Waals surface area contributed by atoms with Crippen LogP contribution in [0.5, 0.6) is 0 Å². The first-order valence-corrected chi connectivity index (χ1v) is 6.36. The highest BCUT2D eigenvalue weighted by molar-refractivity contribution is 7.80. The third kappa shape index (κ3) is 2.55. The maximum Gasteiger partial charge on any atom is 0.189 e. The normalized spacial score (nSPS) is 11.9. The van der Waals surface area contributed by atoms with Crippen molar-refractivity contribution in [1.29, 1.82) is 0 Å². The van der Waals surface area contributed by atoms with Crippen molar-refractivity contribution in [2.24, 2.45) is 5.41 Å². The van der Waals surface area contributed by atoms with Gasteiger partial charge in [-0.25, -0.2) is 0 Å². The van der Waals surface area contributed by atoms with Gasteiger partial charge in [0.15, 0.2) is 5.43 Å². The molecule has 0 aliphatic rings. The van der Waals surface area contributed by atoms with E-state index in [4.69, 9.17) is 0 Å². The molecule has 1 heterocycles. The summed E-state index contributed by atoms with van der Waals surface area (Å²) in [6.07, 6.45) is 1.87. The van der Waals surface area contributed by atoms with Gasteiger partial charge in [0.25, 0.3) is 0 Å². The van der Waals surface area contributed by atoms with Crippen LogP contribution in [0.25, 0.3) is 10.9 Å². The first-order chi connectivity index (χ1) is 8.03. The van der Waals surface area contributed by atoms with E-state index in [0.29, 0.717) is 0 Å². The molecule has 0 unspecified atom stereocenters. The Balaban J connectivity index is 2.56. The number of thiol groups is 1. The van der Waals surface area contributed by atoms with E-state index in [0.717, 1.165) is 23.2 Å². The van der Waals surface area contributed by atoms with E-state index < -0.39 is 0 Å². The Labute approximate surface area is 107 Å². The molecule has 0 amide bonds. The summed E-state index contributed by atoms with van der Waals surface area (Å²) in [4.78, 5) is 11.7. The Morgan fingerprint density at radius 1 is 1.24 bits per heavy atom. The standard InChI is InChI=1S/C14H17NOS/c1-14(2,10-17)9-15-8-7-13(16)11-5-3-4-6-12(11)15/h3-8,17H,9-10H2,1-2H3. The van der Waals surface area contributed by atoms with Gasteiger partial charge in [-0.15, -0.1) is 0 Å². The molecule has 0 bridgehead atoms. The number of pyridine rings is 1. The van der Waals surface area contributed by atoms with Crippen LogP contribution in [0.15, 0.2) is 41.3 Å². The van der Waals surface area contributed by atoms with Gasteiger partial charge in [-0.1, -0.05) is 26.0 Å². The van der Waals surface area contributed by atoms with Crippen LogP contribution in [0.2, 0.25) is 0 Å².